The number of fused-ring (bicyclic) bond motifs is 1. The second-order valence-corrected chi connectivity index (χ2v) is 4.60. The zero-order valence-electron chi connectivity index (χ0n) is 10.9. The van der Waals surface area contributed by atoms with E-state index in [1.165, 1.54) is 41.2 Å². The fourth-order valence-electron chi connectivity index (χ4n) is 2.13. The second-order valence-electron chi connectivity index (χ2n) is 4.60. The van der Waals surface area contributed by atoms with Gasteiger partial charge in [0.25, 0.3) is 5.69 Å². The van der Waals surface area contributed by atoms with Crippen LogP contribution in [0.1, 0.15) is 5.56 Å². The SMILES string of the molecule is O=[N+]([O-])c1ccc2c(cnn2-c2ccc(C(F)(F)F)cc2)c1. The average Bonchev–Trinajstić information content (AvgIpc) is 2.89. The second kappa shape index (κ2) is 4.83. The molecule has 0 unspecified atom stereocenters. The summed E-state index contributed by atoms with van der Waals surface area (Å²) in [6.07, 6.45) is -2.97. The van der Waals surface area contributed by atoms with Gasteiger partial charge in [-0.15, -0.1) is 0 Å². The van der Waals surface area contributed by atoms with Crippen LogP contribution in [-0.2, 0) is 6.18 Å². The lowest BCUT2D eigenvalue weighted by Gasteiger charge is -2.08. The Labute approximate surface area is 121 Å². The highest BCUT2D eigenvalue weighted by Gasteiger charge is 2.30. The minimum Gasteiger partial charge on any atom is -0.258 e. The summed E-state index contributed by atoms with van der Waals surface area (Å²) in [5, 5.41) is 15.3. The first-order valence-corrected chi connectivity index (χ1v) is 6.16. The van der Waals surface area contributed by atoms with Crippen LogP contribution in [0.15, 0.2) is 48.7 Å². The van der Waals surface area contributed by atoms with E-state index in [2.05, 4.69) is 5.10 Å². The molecule has 112 valence electrons. The molecule has 1 aromatic heterocycles. The van der Waals surface area contributed by atoms with Gasteiger partial charge in [-0.3, -0.25) is 10.1 Å². The van der Waals surface area contributed by atoms with Crippen molar-refractivity contribution in [2.75, 3.05) is 0 Å². The molecule has 2 aromatic carbocycles. The van der Waals surface area contributed by atoms with Gasteiger partial charge in [0.15, 0.2) is 0 Å². The van der Waals surface area contributed by atoms with E-state index < -0.39 is 16.7 Å². The fraction of sp³-hybridized carbons (Fsp3) is 0.0714. The summed E-state index contributed by atoms with van der Waals surface area (Å²) in [5.41, 5.74) is 0.199. The minimum atomic E-state index is -4.40. The van der Waals surface area contributed by atoms with Crippen molar-refractivity contribution in [1.82, 2.24) is 9.78 Å². The molecular formula is C14H8F3N3O2. The van der Waals surface area contributed by atoms with Crippen LogP contribution in [0, 0.1) is 10.1 Å². The first-order valence-electron chi connectivity index (χ1n) is 6.16. The van der Waals surface area contributed by atoms with Crippen molar-refractivity contribution < 1.29 is 18.1 Å². The van der Waals surface area contributed by atoms with E-state index in [0.29, 0.717) is 16.6 Å². The summed E-state index contributed by atoms with van der Waals surface area (Å²) in [6, 6.07) is 8.74. The molecule has 0 amide bonds. The highest BCUT2D eigenvalue weighted by molar-refractivity contribution is 5.82. The highest BCUT2D eigenvalue weighted by atomic mass is 19.4. The van der Waals surface area contributed by atoms with Crippen molar-refractivity contribution in [3.63, 3.8) is 0 Å². The Balaban J connectivity index is 2.05. The zero-order valence-corrected chi connectivity index (χ0v) is 10.9. The van der Waals surface area contributed by atoms with E-state index in [-0.39, 0.29) is 5.69 Å². The van der Waals surface area contributed by atoms with Gasteiger partial charge in [0, 0.05) is 17.5 Å². The van der Waals surface area contributed by atoms with Crippen LogP contribution in [0.5, 0.6) is 0 Å². The summed E-state index contributed by atoms with van der Waals surface area (Å²) in [6.45, 7) is 0. The standard InChI is InChI=1S/C14H8F3N3O2/c15-14(16,17)10-1-3-11(4-2-10)19-13-6-5-12(20(21)22)7-9(13)8-18-19/h1-8H. The topological polar surface area (TPSA) is 61.0 Å². The van der Waals surface area contributed by atoms with E-state index >= 15 is 0 Å². The first kappa shape index (κ1) is 14.1. The van der Waals surface area contributed by atoms with Gasteiger partial charge in [-0.1, -0.05) is 0 Å². The number of alkyl halides is 3. The van der Waals surface area contributed by atoms with E-state index in [9.17, 15) is 23.3 Å². The Hall–Kier alpha value is -2.90. The van der Waals surface area contributed by atoms with Gasteiger partial charge in [0.1, 0.15) is 0 Å². The first-order chi connectivity index (χ1) is 10.4. The number of benzene rings is 2. The fourth-order valence-corrected chi connectivity index (χ4v) is 2.13. The van der Waals surface area contributed by atoms with Gasteiger partial charge in [-0.2, -0.15) is 18.3 Å². The predicted octanol–water partition coefficient (Wildman–Crippen LogP) is 3.95. The molecule has 0 radical (unpaired) electrons. The molecule has 0 bridgehead atoms. The maximum atomic E-state index is 12.5. The minimum absolute atomic E-state index is 0.0699. The van der Waals surface area contributed by atoms with Gasteiger partial charge in [-0.05, 0) is 30.3 Å². The number of nitrogens with zero attached hydrogens (tertiary/aromatic N) is 3. The maximum Gasteiger partial charge on any atom is 0.416 e. The van der Waals surface area contributed by atoms with E-state index in [1.54, 1.807) is 0 Å². The highest BCUT2D eigenvalue weighted by Crippen LogP contribution is 2.30. The summed E-state index contributed by atoms with van der Waals surface area (Å²) in [7, 11) is 0. The number of non-ortho nitro benzene ring substituents is 1. The van der Waals surface area contributed by atoms with Crippen molar-refractivity contribution in [1.29, 1.82) is 0 Å². The third-order valence-corrected chi connectivity index (χ3v) is 3.20. The van der Waals surface area contributed by atoms with Crippen molar-refractivity contribution >= 4 is 16.6 Å². The summed E-state index contributed by atoms with van der Waals surface area (Å²) >= 11 is 0. The lowest BCUT2D eigenvalue weighted by molar-refractivity contribution is -0.384. The summed E-state index contributed by atoms with van der Waals surface area (Å²) < 4.78 is 39.1. The lowest BCUT2D eigenvalue weighted by Crippen LogP contribution is -2.05. The quantitative estimate of drug-likeness (QED) is 0.532. The number of rotatable bonds is 2. The van der Waals surface area contributed by atoms with Crippen LogP contribution in [-0.4, -0.2) is 14.7 Å². The molecule has 0 aliphatic heterocycles. The van der Waals surface area contributed by atoms with Crippen LogP contribution in [0.4, 0.5) is 18.9 Å². The van der Waals surface area contributed by atoms with Crippen molar-refractivity contribution in [3.05, 3.63) is 64.3 Å². The molecule has 8 heteroatoms. The molecule has 0 atom stereocenters. The number of nitro groups is 1. The van der Waals surface area contributed by atoms with E-state index in [1.807, 2.05) is 0 Å². The third-order valence-electron chi connectivity index (χ3n) is 3.20. The van der Waals surface area contributed by atoms with Crippen LogP contribution < -0.4 is 0 Å². The normalized spacial score (nSPS) is 11.8. The molecule has 0 aliphatic rings. The van der Waals surface area contributed by atoms with Crippen molar-refractivity contribution in [2.45, 2.75) is 6.18 Å². The van der Waals surface area contributed by atoms with Crippen LogP contribution in [0.3, 0.4) is 0 Å². The van der Waals surface area contributed by atoms with Crippen molar-refractivity contribution in [2.24, 2.45) is 0 Å². The number of halogens is 3. The van der Waals surface area contributed by atoms with E-state index in [4.69, 9.17) is 0 Å². The lowest BCUT2D eigenvalue weighted by atomic mass is 10.2. The monoisotopic (exact) mass is 307 g/mol. The van der Waals surface area contributed by atoms with Gasteiger partial charge in [0.05, 0.1) is 27.9 Å². The van der Waals surface area contributed by atoms with Crippen LogP contribution in [0.25, 0.3) is 16.6 Å². The smallest absolute Gasteiger partial charge is 0.258 e. The van der Waals surface area contributed by atoms with E-state index in [0.717, 1.165) is 12.1 Å². The van der Waals surface area contributed by atoms with Gasteiger partial charge in [-0.25, -0.2) is 4.68 Å². The number of aromatic nitrogens is 2. The van der Waals surface area contributed by atoms with Gasteiger partial charge >= 0.3 is 6.18 Å². The molecule has 0 N–H and O–H groups in total. The summed E-state index contributed by atoms with van der Waals surface area (Å²) in [4.78, 5) is 10.2. The number of hydrogen-bond donors (Lipinski definition) is 0. The predicted molar refractivity (Wildman–Crippen MR) is 72.7 cm³/mol. The third kappa shape index (κ3) is 2.39. The maximum absolute atomic E-state index is 12.5. The molecule has 0 spiro atoms. The molecule has 0 saturated carbocycles. The molecule has 3 rings (SSSR count). The Bertz CT molecular complexity index is 854. The zero-order chi connectivity index (χ0) is 15.9. The Morgan fingerprint density at radius 2 is 1.77 bits per heavy atom. The summed E-state index contributed by atoms with van der Waals surface area (Å²) in [5.74, 6) is 0. The average molecular weight is 307 g/mol. The molecule has 0 fully saturated rings. The molecule has 5 nitrogen and oxygen atoms in total. The molecule has 1 heterocycles. The Kier molecular flexibility index (Phi) is 3.09. The molecule has 3 aromatic rings. The van der Waals surface area contributed by atoms with Gasteiger partial charge in [0.2, 0.25) is 0 Å². The molecule has 0 saturated heterocycles. The largest absolute Gasteiger partial charge is 0.416 e. The van der Waals surface area contributed by atoms with Crippen LogP contribution >= 0.6 is 0 Å². The molecular weight excluding hydrogens is 299 g/mol. The van der Waals surface area contributed by atoms with Gasteiger partial charge < -0.3 is 0 Å². The molecule has 0 aliphatic carbocycles. The molecule has 22 heavy (non-hydrogen) atoms. The van der Waals surface area contributed by atoms with Crippen LogP contribution in [0.2, 0.25) is 0 Å². The number of hydrogen-bond acceptors (Lipinski definition) is 3. The Morgan fingerprint density at radius 3 is 2.36 bits per heavy atom. The van der Waals surface area contributed by atoms with Crippen molar-refractivity contribution in [3.8, 4) is 5.69 Å². The number of nitro benzene ring substituents is 1. The Morgan fingerprint density at radius 1 is 1.09 bits per heavy atom.